The average Bonchev–Trinajstić information content (AvgIpc) is 2.74. The maximum absolute atomic E-state index is 11.3. The Kier molecular flexibility index (Phi) is 12.3. The van der Waals surface area contributed by atoms with Crippen molar-refractivity contribution in [1.29, 1.82) is 0 Å². The van der Waals surface area contributed by atoms with Gasteiger partial charge in [-0.25, -0.2) is 9.59 Å². The summed E-state index contributed by atoms with van der Waals surface area (Å²) in [5.74, 6) is -0.250. The van der Waals surface area contributed by atoms with Crippen molar-refractivity contribution in [2.75, 3.05) is 14.2 Å². The molecule has 0 amide bonds. The molecular formula is C22H33NO11. The standard InChI is InChI=1S/C22H33NO11/c1-14(34-23(28)29)12-10-8-6-5-7-9-11-13-16-15(2)17(32-21(24)25)19(30-3)20(31-4)18(16)33-22(26)27/h14H,5-13H2,1-4H3,(H,24,25)(H,26,27). The number of unbranched alkanes of at least 4 members (excludes halogenated alkanes) is 6. The highest BCUT2D eigenvalue weighted by molar-refractivity contribution is 5.74. The van der Waals surface area contributed by atoms with Crippen molar-refractivity contribution >= 4 is 12.3 Å². The molecule has 0 saturated carbocycles. The molecule has 0 aliphatic heterocycles. The number of ether oxygens (including phenoxy) is 4. The highest BCUT2D eigenvalue weighted by Gasteiger charge is 2.28. The fourth-order valence-corrected chi connectivity index (χ4v) is 3.72. The van der Waals surface area contributed by atoms with Gasteiger partial charge < -0.3 is 34.0 Å². The first-order chi connectivity index (χ1) is 16.1. The lowest BCUT2D eigenvalue weighted by Crippen LogP contribution is -2.12. The second kappa shape index (κ2) is 14.7. The van der Waals surface area contributed by atoms with E-state index in [4.69, 9.17) is 24.1 Å². The van der Waals surface area contributed by atoms with Gasteiger partial charge in [0.05, 0.1) is 14.2 Å². The Bertz CT molecular complexity index is 841. The molecule has 12 heteroatoms. The number of nitrogens with zero attached hydrogens (tertiary/aromatic N) is 1. The van der Waals surface area contributed by atoms with Crippen LogP contribution in [0.1, 0.15) is 69.4 Å². The first-order valence-electron chi connectivity index (χ1n) is 11.0. The fourth-order valence-electron chi connectivity index (χ4n) is 3.72. The van der Waals surface area contributed by atoms with Crippen molar-refractivity contribution in [2.24, 2.45) is 0 Å². The van der Waals surface area contributed by atoms with E-state index in [-0.39, 0.29) is 23.0 Å². The first kappa shape index (κ1) is 28.6. The monoisotopic (exact) mass is 487 g/mol. The summed E-state index contributed by atoms with van der Waals surface area (Å²) < 4.78 is 20.4. The Labute approximate surface area is 197 Å². The fraction of sp³-hybridized carbons (Fsp3) is 0.636. The van der Waals surface area contributed by atoms with Gasteiger partial charge in [-0.05, 0) is 33.1 Å². The summed E-state index contributed by atoms with van der Waals surface area (Å²) in [4.78, 5) is 37.2. The summed E-state index contributed by atoms with van der Waals surface area (Å²) >= 11 is 0. The number of benzene rings is 1. The van der Waals surface area contributed by atoms with Gasteiger partial charge >= 0.3 is 12.3 Å². The molecule has 0 saturated heterocycles. The number of carbonyl (C=O) groups is 2. The second-order valence-electron chi connectivity index (χ2n) is 7.72. The Balaban J connectivity index is 2.74. The molecule has 34 heavy (non-hydrogen) atoms. The number of methoxy groups -OCH3 is 2. The van der Waals surface area contributed by atoms with Crippen LogP contribution in [-0.2, 0) is 11.3 Å². The minimum Gasteiger partial charge on any atom is -0.490 e. The molecule has 0 aliphatic carbocycles. The van der Waals surface area contributed by atoms with Crippen molar-refractivity contribution in [2.45, 2.75) is 77.7 Å². The van der Waals surface area contributed by atoms with Crippen LogP contribution in [0.15, 0.2) is 0 Å². The molecule has 0 bridgehead atoms. The van der Waals surface area contributed by atoms with Crippen molar-refractivity contribution in [3.63, 3.8) is 0 Å². The van der Waals surface area contributed by atoms with Crippen LogP contribution in [0.5, 0.6) is 23.0 Å². The maximum Gasteiger partial charge on any atom is 0.511 e. The molecule has 0 aliphatic rings. The minimum absolute atomic E-state index is 0.0480. The van der Waals surface area contributed by atoms with Crippen molar-refractivity contribution in [3.8, 4) is 23.0 Å². The van der Waals surface area contributed by atoms with E-state index in [1.807, 2.05) is 0 Å². The van der Waals surface area contributed by atoms with Gasteiger partial charge in [0.2, 0.25) is 11.5 Å². The van der Waals surface area contributed by atoms with Gasteiger partial charge in [-0.1, -0.05) is 38.5 Å². The van der Waals surface area contributed by atoms with Crippen molar-refractivity contribution in [1.82, 2.24) is 0 Å². The van der Waals surface area contributed by atoms with Gasteiger partial charge in [0.25, 0.3) is 5.09 Å². The summed E-state index contributed by atoms with van der Waals surface area (Å²) in [5.41, 5.74) is 0.860. The van der Waals surface area contributed by atoms with E-state index in [9.17, 15) is 24.8 Å². The largest absolute Gasteiger partial charge is 0.511 e. The third-order valence-corrected chi connectivity index (χ3v) is 5.28. The van der Waals surface area contributed by atoms with E-state index in [0.717, 1.165) is 38.5 Å². The normalized spacial score (nSPS) is 11.4. The van der Waals surface area contributed by atoms with E-state index >= 15 is 0 Å². The molecular weight excluding hydrogens is 454 g/mol. The number of hydrogen-bond donors (Lipinski definition) is 2. The highest BCUT2D eigenvalue weighted by Crippen LogP contribution is 2.50. The second-order valence-corrected chi connectivity index (χ2v) is 7.72. The lowest BCUT2D eigenvalue weighted by Gasteiger charge is -2.21. The van der Waals surface area contributed by atoms with E-state index in [0.29, 0.717) is 30.4 Å². The number of hydrogen-bond acceptors (Lipinski definition) is 9. The SMILES string of the molecule is COc1c(OC(=O)O)c(C)c(CCCCCCCCCC(C)O[N+](=O)[O-])c(OC(=O)O)c1OC. The molecule has 12 nitrogen and oxygen atoms in total. The van der Waals surface area contributed by atoms with Crippen LogP contribution in [0.4, 0.5) is 9.59 Å². The van der Waals surface area contributed by atoms with E-state index in [1.165, 1.54) is 14.2 Å². The molecule has 0 fully saturated rings. The summed E-state index contributed by atoms with van der Waals surface area (Å²) in [6, 6.07) is 0. The average molecular weight is 488 g/mol. The molecule has 0 aromatic heterocycles. The van der Waals surface area contributed by atoms with Crippen LogP contribution in [0, 0.1) is 17.0 Å². The van der Waals surface area contributed by atoms with E-state index in [1.54, 1.807) is 13.8 Å². The maximum atomic E-state index is 11.3. The van der Waals surface area contributed by atoms with Crippen LogP contribution in [0.2, 0.25) is 0 Å². The minimum atomic E-state index is -1.54. The molecule has 1 rings (SSSR count). The lowest BCUT2D eigenvalue weighted by atomic mass is 9.97. The predicted octanol–water partition coefficient (Wildman–Crippen LogP) is 5.39. The molecule has 1 aromatic rings. The van der Waals surface area contributed by atoms with Gasteiger partial charge in [0.15, 0.2) is 11.5 Å². The van der Waals surface area contributed by atoms with Crippen LogP contribution in [-0.4, -0.2) is 47.9 Å². The summed E-state index contributed by atoms with van der Waals surface area (Å²) in [5, 5.41) is 27.8. The van der Waals surface area contributed by atoms with Crippen molar-refractivity contribution < 1.29 is 48.7 Å². The van der Waals surface area contributed by atoms with Gasteiger partial charge in [-0.3, -0.25) is 0 Å². The number of rotatable bonds is 16. The molecule has 192 valence electrons. The summed E-state index contributed by atoms with van der Waals surface area (Å²) in [7, 11) is 2.58. The smallest absolute Gasteiger partial charge is 0.490 e. The Morgan fingerprint density at radius 3 is 1.82 bits per heavy atom. The number of carboxylic acid groups (broad SMARTS) is 2. The highest BCUT2D eigenvalue weighted by atomic mass is 17.0. The van der Waals surface area contributed by atoms with Gasteiger partial charge in [0, 0.05) is 11.1 Å². The van der Waals surface area contributed by atoms with Crippen LogP contribution in [0.25, 0.3) is 0 Å². The van der Waals surface area contributed by atoms with Crippen LogP contribution in [0.3, 0.4) is 0 Å². The first-order valence-corrected chi connectivity index (χ1v) is 11.0. The van der Waals surface area contributed by atoms with Gasteiger partial charge in [0.1, 0.15) is 6.10 Å². The van der Waals surface area contributed by atoms with Crippen molar-refractivity contribution in [3.05, 3.63) is 21.2 Å². The Hall–Kier alpha value is -3.44. The molecule has 1 aromatic carbocycles. The molecule has 1 unspecified atom stereocenters. The lowest BCUT2D eigenvalue weighted by molar-refractivity contribution is -0.767. The third-order valence-electron chi connectivity index (χ3n) is 5.28. The Morgan fingerprint density at radius 2 is 1.32 bits per heavy atom. The van der Waals surface area contributed by atoms with E-state index in [2.05, 4.69) is 4.84 Å². The van der Waals surface area contributed by atoms with Crippen LogP contribution < -0.4 is 18.9 Å². The molecule has 0 spiro atoms. The predicted molar refractivity (Wildman–Crippen MR) is 120 cm³/mol. The molecule has 2 N–H and O–H groups in total. The summed E-state index contributed by atoms with van der Waals surface area (Å²) in [6.07, 6.45) is 3.85. The molecule has 1 atom stereocenters. The van der Waals surface area contributed by atoms with Crippen LogP contribution >= 0.6 is 0 Å². The van der Waals surface area contributed by atoms with Gasteiger partial charge in [-0.2, -0.15) is 0 Å². The summed E-state index contributed by atoms with van der Waals surface area (Å²) in [6.45, 7) is 3.28. The zero-order chi connectivity index (χ0) is 25.7. The topological polar surface area (TPSA) is 164 Å². The molecule has 0 radical (unpaired) electrons. The Morgan fingerprint density at radius 1 is 0.853 bits per heavy atom. The van der Waals surface area contributed by atoms with E-state index < -0.39 is 23.5 Å². The quantitative estimate of drug-likeness (QED) is 0.101. The van der Waals surface area contributed by atoms with Gasteiger partial charge in [-0.15, -0.1) is 10.1 Å². The zero-order valence-electron chi connectivity index (χ0n) is 20.0. The molecule has 0 heterocycles. The zero-order valence-corrected chi connectivity index (χ0v) is 20.0. The third kappa shape index (κ3) is 9.20.